The van der Waals surface area contributed by atoms with Crippen molar-refractivity contribution >= 4 is 14.7 Å². The molecule has 0 aliphatic rings. The number of hydrogen-bond acceptors (Lipinski definition) is 1. The second-order valence-corrected chi connectivity index (χ2v) is 2.70. The third-order valence-corrected chi connectivity index (χ3v) is 1.86. The molecule has 1 atom stereocenters. The quantitative estimate of drug-likeness (QED) is 0.492. The Morgan fingerprint density at radius 1 is 1.33 bits per heavy atom. The van der Waals surface area contributed by atoms with Gasteiger partial charge in [0, 0.05) is 5.69 Å². The summed E-state index contributed by atoms with van der Waals surface area (Å²) >= 11 is 0. The van der Waals surface area contributed by atoms with E-state index in [0.717, 1.165) is 11.1 Å². The van der Waals surface area contributed by atoms with Gasteiger partial charge in [-0.3, -0.25) is 4.98 Å². The molecule has 0 radical (unpaired) electrons. The topological polar surface area (TPSA) is 12.9 Å². The maximum atomic E-state index is 4.24. The van der Waals surface area contributed by atoms with E-state index in [1.807, 2.05) is 13.0 Å². The van der Waals surface area contributed by atoms with E-state index in [-0.39, 0.29) is 0 Å². The highest BCUT2D eigenvalue weighted by Gasteiger charge is 1.90. The molecule has 1 rings (SSSR count). The summed E-state index contributed by atoms with van der Waals surface area (Å²) in [5.74, 6) is 0. The zero-order chi connectivity index (χ0) is 6.85. The molecule has 1 nitrogen and oxygen atoms in total. The lowest BCUT2D eigenvalue weighted by atomic mass is 10.3. The van der Waals surface area contributed by atoms with Gasteiger partial charge in [0.2, 0.25) is 0 Å². The summed E-state index contributed by atoms with van der Waals surface area (Å²) in [4.78, 5) is 4.24. The van der Waals surface area contributed by atoms with E-state index < -0.39 is 0 Å². The number of pyridine rings is 1. The van der Waals surface area contributed by atoms with E-state index in [4.69, 9.17) is 0 Å². The normalized spacial score (nSPS) is 9.67. The van der Waals surface area contributed by atoms with Crippen LogP contribution in [0.3, 0.4) is 0 Å². The average Bonchev–Trinajstić information content (AvgIpc) is 1.80. The van der Waals surface area contributed by atoms with Crippen molar-refractivity contribution in [3.63, 3.8) is 0 Å². The zero-order valence-electron chi connectivity index (χ0n) is 5.68. The molecule has 0 N–H and O–H groups in total. The van der Waals surface area contributed by atoms with Crippen LogP contribution in [0.25, 0.3) is 0 Å². The van der Waals surface area contributed by atoms with Gasteiger partial charge in [-0.15, -0.1) is 0 Å². The van der Waals surface area contributed by atoms with Crippen LogP contribution >= 0.6 is 9.24 Å². The van der Waals surface area contributed by atoms with E-state index >= 15 is 0 Å². The van der Waals surface area contributed by atoms with Crippen molar-refractivity contribution in [2.75, 3.05) is 0 Å². The monoisotopic (exact) mass is 139 g/mol. The Morgan fingerprint density at radius 3 is 2.44 bits per heavy atom. The maximum Gasteiger partial charge on any atom is 0.0601 e. The van der Waals surface area contributed by atoms with Crippen molar-refractivity contribution in [2.24, 2.45) is 0 Å². The fourth-order valence-corrected chi connectivity index (χ4v) is 0.946. The van der Waals surface area contributed by atoms with Gasteiger partial charge >= 0.3 is 0 Å². The van der Waals surface area contributed by atoms with Crippen LogP contribution in [-0.2, 0) is 0 Å². The molecule has 0 bridgehead atoms. The molecule has 1 heterocycles. The number of aromatic nitrogens is 1. The molecule has 0 aromatic carbocycles. The molecule has 9 heavy (non-hydrogen) atoms. The SMILES string of the molecule is Cc1ccc(C)c(P)n1. The van der Waals surface area contributed by atoms with Crippen molar-refractivity contribution in [3.05, 3.63) is 23.4 Å². The molecule has 0 aliphatic heterocycles. The molecule has 0 aliphatic carbocycles. The van der Waals surface area contributed by atoms with Gasteiger partial charge in [0.05, 0.1) is 5.44 Å². The molecule has 0 spiro atoms. The highest BCUT2D eigenvalue weighted by molar-refractivity contribution is 7.27. The number of rotatable bonds is 0. The number of aryl methyl sites for hydroxylation is 2. The summed E-state index contributed by atoms with van der Waals surface area (Å²) in [6, 6.07) is 4.09. The third kappa shape index (κ3) is 1.49. The van der Waals surface area contributed by atoms with Crippen molar-refractivity contribution < 1.29 is 0 Å². The van der Waals surface area contributed by atoms with Crippen LogP contribution in [0.1, 0.15) is 11.3 Å². The summed E-state index contributed by atoms with van der Waals surface area (Å²) < 4.78 is 0. The van der Waals surface area contributed by atoms with Gasteiger partial charge in [0.1, 0.15) is 0 Å². The first-order chi connectivity index (χ1) is 4.20. The van der Waals surface area contributed by atoms with Crippen molar-refractivity contribution in [1.29, 1.82) is 0 Å². The van der Waals surface area contributed by atoms with Crippen molar-refractivity contribution in [2.45, 2.75) is 13.8 Å². The van der Waals surface area contributed by atoms with Crippen LogP contribution < -0.4 is 5.44 Å². The van der Waals surface area contributed by atoms with E-state index in [1.165, 1.54) is 5.56 Å². The van der Waals surface area contributed by atoms with Crippen LogP contribution in [-0.4, -0.2) is 4.98 Å². The molecule has 0 saturated heterocycles. The lowest BCUT2D eigenvalue weighted by molar-refractivity contribution is 1.22. The Morgan fingerprint density at radius 2 is 2.00 bits per heavy atom. The summed E-state index contributed by atoms with van der Waals surface area (Å²) in [5.41, 5.74) is 3.35. The predicted molar refractivity (Wildman–Crippen MR) is 43.1 cm³/mol. The van der Waals surface area contributed by atoms with Crippen molar-refractivity contribution in [3.8, 4) is 0 Å². The van der Waals surface area contributed by atoms with Crippen LogP contribution in [0.4, 0.5) is 0 Å². The molecule has 1 aromatic heterocycles. The first-order valence-electron chi connectivity index (χ1n) is 2.90. The Labute approximate surface area is 57.7 Å². The van der Waals surface area contributed by atoms with E-state index in [0.29, 0.717) is 0 Å². The minimum Gasteiger partial charge on any atom is -0.254 e. The molecule has 0 saturated carbocycles. The summed E-state index contributed by atoms with van der Waals surface area (Å²) in [6.45, 7) is 4.04. The molecular formula is C7H10NP. The second kappa shape index (κ2) is 2.45. The third-order valence-electron chi connectivity index (χ3n) is 1.28. The molecule has 2 heteroatoms. The lowest BCUT2D eigenvalue weighted by Crippen LogP contribution is -2.02. The van der Waals surface area contributed by atoms with E-state index in [1.54, 1.807) is 0 Å². The molecule has 1 aromatic rings. The van der Waals surface area contributed by atoms with Crippen molar-refractivity contribution in [1.82, 2.24) is 4.98 Å². The average molecular weight is 139 g/mol. The first kappa shape index (κ1) is 6.70. The fraction of sp³-hybridized carbons (Fsp3) is 0.286. The van der Waals surface area contributed by atoms with Crippen LogP contribution in [0.15, 0.2) is 12.1 Å². The Kier molecular flexibility index (Phi) is 1.82. The maximum absolute atomic E-state index is 4.24. The first-order valence-corrected chi connectivity index (χ1v) is 3.47. The zero-order valence-corrected chi connectivity index (χ0v) is 6.83. The van der Waals surface area contributed by atoms with Gasteiger partial charge < -0.3 is 0 Å². The Hall–Kier alpha value is -0.420. The Bertz CT molecular complexity index is 220. The molecular weight excluding hydrogens is 129 g/mol. The Balaban J connectivity index is 3.17. The van der Waals surface area contributed by atoms with E-state index in [2.05, 4.69) is 27.2 Å². The second-order valence-electron chi connectivity index (χ2n) is 2.15. The minimum absolute atomic E-state index is 1.05. The molecule has 1 unspecified atom stereocenters. The predicted octanol–water partition coefficient (Wildman–Crippen LogP) is 1.20. The van der Waals surface area contributed by atoms with E-state index in [9.17, 15) is 0 Å². The van der Waals surface area contributed by atoms with Gasteiger partial charge in [0.25, 0.3) is 0 Å². The summed E-state index contributed by atoms with van der Waals surface area (Å²) in [5, 5.41) is 0. The van der Waals surface area contributed by atoms with Crippen LogP contribution in [0.5, 0.6) is 0 Å². The highest BCUT2D eigenvalue weighted by Crippen LogP contribution is 1.97. The smallest absolute Gasteiger partial charge is 0.0601 e. The van der Waals surface area contributed by atoms with Gasteiger partial charge in [-0.2, -0.15) is 0 Å². The van der Waals surface area contributed by atoms with Gasteiger partial charge in [-0.1, -0.05) is 15.3 Å². The molecule has 0 amide bonds. The number of hydrogen-bond donors (Lipinski definition) is 0. The molecule has 48 valence electrons. The lowest BCUT2D eigenvalue weighted by Gasteiger charge is -1.97. The summed E-state index contributed by atoms with van der Waals surface area (Å²) in [7, 11) is 2.61. The van der Waals surface area contributed by atoms with Gasteiger partial charge in [-0.05, 0) is 25.5 Å². The molecule has 0 fully saturated rings. The fourth-order valence-electron chi connectivity index (χ4n) is 0.646. The van der Waals surface area contributed by atoms with Crippen LogP contribution in [0.2, 0.25) is 0 Å². The largest absolute Gasteiger partial charge is 0.254 e. The standard InChI is InChI=1S/C7H10NP/c1-5-3-4-6(2)8-7(5)9/h3-4H,9H2,1-2H3. The van der Waals surface area contributed by atoms with Gasteiger partial charge in [0.15, 0.2) is 0 Å². The highest BCUT2D eigenvalue weighted by atomic mass is 31.0. The van der Waals surface area contributed by atoms with Gasteiger partial charge in [-0.25, -0.2) is 0 Å². The number of nitrogens with zero attached hydrogens (tertiary/aromatic N) is 1. The minimum atomic E-state index is 1.05. The van der Waals surface area contributed by atoms with Crippen LogP contribution in [0, 0.1) is 13.8 Å². The summed E-state index contributed by atoms with van der Waals surface area (Å²) in [6.07, 6.45) is 0.